The van der Waals surface area contributed by atoms with Gasteiger partial charge in [0.25, 0.3) is 0 Å². The third-order valence-electron chi connectivity index (χ3n) is 9.24. The molecule has 4 atom stereocenters. The quantitative estimate of drug-likeness (QED) is 0.424. The summed E-state index contributed by atoms with van der Waals surface area (Å²) in [7, 11) is 0. The molecule has 2 aliphatic heterocycles. The SMILES string of the molecule is C[C@@H](NC(=O)N[C@H]1CC[C@H](CCN2[C@@H]3CC[C@H]2CC(O)C3)CC1)C(O)(c1ccccc1)c1ccccc1. The Balaban J connectivity index is 1.11. The number of amides is 2. The highest BCUT2D eigenvalue weighted by molar-refractivity contribution is 5.75. The average Bonchev–Trinajstić information content (AvgIpc) is 3.17. The van der Waals surface area contributed by atoms with Crippen molar-refractivity contribution in [2.45, 2.75) is 101 Å². The van der Waals surface area contributed by atoms with Gasteiger partial charge in [-0.15, -0.1) is 0 Å². The van der Waals surface area contributed by atoms with Gasteiger partial charge in [-0.05, 0) is 88.3 Å². The van der Waals surface area contributed by atoms with Crippen LogP contribution in [0.5, 0.6) is 0 Å². The van der Waals surface area contributed by atoms with Crippen LogP contribution in [0.25, 0.3) is 0 Å². The van der Waals surface area contributed by atoms with Crippen LogP contribution in [-0.2, 0) is 5.60 Å². The van der Waals surface area contributed by atoms with Crippen LogP contribution in [0.15, 0.2) is 60.7 Å². The number of fused-ring (bicyclic) bond motifs is 2. The van der Waals surface area contributed by atoms with Gasteiger partial charge in [-0.2, -0.15) is 0 Å². The Bertz CT molecular complexity index is 955. The van der Waals surface area contributed by atoms with Gasteiger partial charge in [-0.3, -0.25) is 4.90 Å². The monoisotopic (exact) mass is 505 g/mol. The summed E-state index contributed by atoms with van der Waals surface area (Å²) in [4.78, 5) is 15.7. The highest BCUT2D eigenvalue weighted by Gasteiger charge is 2.41. The third-order valence-corrected chi connectivity index (χ3v) is 9.24. The zero-order chi connectivity index (χ0) is 25.8. The number of nitrogens with one attached hydrogen (secondary N) is 2. The average molecular weight is 506 g/mol. The second-order valence-electron chi connectivity index (χ2n) is 11.6. The van der Waals surface area contributed by atoms with Crippen LogP contribution in [0.4, 0.5) is 4.79 Å². The van der Waals surface area contributed by atoms with Gasteiger partial charge in [-0.1, -0.05) is 60.7 Å². The van der Waals surface area contributed by atoms with E-state index >= 15 is 0 Å². The summed E-state index contributed by atoms with van der Waals surface area (Å²) in [5.41, 5.74) is 0.179. The lowest BCUT2D eigenvalue weighted by Gasteiger charge is -2.38. The second kappa shape index (κ2) is 11.5. The Morgan fingerprint density at radius 2 is 1.46 bits per heavy atom. The van der Waals surface area contributed by atoms with Crippen molar-refractivity contribution in [3.05, 3.63) is 71.8 Å². The molecular formula is C31H43N3O3. The predicted octanol–water partition coefficient (Wildman–Crippen LogP) is 4.55. The Labute approximate surface area is 221 Å². The molecule has 0 spiro atoms. The van der Waals surface area contributed by atoms with E-state index in [0.29, 0.717) is 18.0 Å². The molecule has 2 saturated heterocycles. The van der Waals surface area contributed by atoms with E-state index in [2.05, 4.69) is 15.5 Å². The van der Waals surface area contributed by atoms with Crippen molar-refractivity contribution in [2.75, 3.05) is 6.54 Å². The Morgan fingerprint density at radius 3 is 2.00 bits per heavy atom. The molecule has 5 rings (SSSR count). The van der Waals surface area contributed by atoms with Crippen molar-refractivity contribution >= 4 is 6.03 Å². The number of hydrogen-bond donors (Lipinski definition) is 4. The van der Waals surface area contributed by atoms with E-state index in [9.17, 15) is 15.0 Å². The summed E-state index contributed by atoms with van der Waals surface area (Å²) < 4.78 is 0. The van der Waals surface area contributed by atoms with Crippen LogP contribution in [-0.4, -0.2) is 58.0 Å². The van der Waals surface area contributed by atoms with E-state index in [1.807, 2.05) is 67.6 Å². The second-order valence-corrected chi connectivity index (χ2v) is 11.6. The van der Waals surface area contributed by atoms with Gasteiger partial charge in [0, 0.05) is 18.1 Å². The molecule has 1 unspecified atom stereocenters. The summed E-state index contributed by atoms with van der Waals surface area (Å²) in [6.07, 6.45) is 9.80. The van der Waals surface area contributed by atoms with Crippen molar-refractivity contribution in [1.29, 1.82) is 0 Å². The van der Waals surface area contributed by atoms with E-state index < -0.39 is 11.6 Å². The van der Waals surface area contributed by atoms with Gasteiger partial charge in [-0.25, -0.2) is 4.79 Å². The maximum atomic E-state index is 13.0. The lowest BCUT2D eigenvalue weighted by atomic mass is 9.81. The lowest BCUT2D eigenvalue weighted by molar-refractivity contribution is 0.0314. The first-order valence-electron chi connectivity index (χ1n) is 14.3. The predicted molar refractivity (Wildman–Crippen MR) is 146 cm³/mol. The molecule has 6 nitrogen and oxygen atoms in total. The number of aliphatic hydroxyl groups is 2. The minimum atomic E-state index is -1.33. The third kappa shape index (κ3) is 5.87. The number of carbonyl (C=O) groups is 1. The number of hydrogen-bond acceptors (Lipinski definition) is 4. The summed E-state index contributed by atoms with van der Waals surface area (Å²) in [5.74, 6) is 0.715. The molecule has 2 heterocycles. The number of piperidine rings is 1. The number of urea groups is 1. The van der Waals surface area contributed by atoms with Gasteiger partial charge < -0.3 is 20.8 Å². The molecule has 6 heteroatoms. The number of benzene rings is 2. The standard InChI is InChI=1S/C31H43N3O3/c1-22(31(37,24-8-4-2-5-9-24)25-10-6-3-7-11-25)32-30(36)33-26-14-12-23(13-15-26)18-19-34-27-16-17-28(34)21-29(35)20-27/h2-11,22-23,26-29,35,37H,12-21H2,1H3,(H2,32,33,36)/t22-,23-,26-,27-,28+,29?/m1/s1. The minimum Gasteiger partial charge on any atom is -0.393 e. The minimum absolute atomic E-state index is 0.0968. The van der Waals surface area contributed by atoms with Crippen LogP contribution in [0.3, 0.4) is 0 Å². The van der Waals surface area contributed by atoms with Gasteiger partial charge >= 0.3 is 6.03 Å². The van der Waals surface area contributed by atoms with E-state index in [0.717, 1.165) is 56.2 Å². The van der Waals surface area contributed by atoms with E-state index in [1.54, 1.807) is 0 Å². The van der Waals surface area contributed by atoms with Gasteiger partial charge in [0.15, 0.2) is 0 Å². The van der Waals surface area contributed by atoms with E-state index in [-0.39, 0.29) is 18.2 Å². The van der Waals surface area contributed by atoms with Crippen LogP contribution in [0.1, 0.15) is 75.8 Å². The largest absolute Gasteiger partial charge is 0.393 e. The molecule has 2 bridgehead atoms. The van der Waals surface area contributed by atoms with E-state index in [4.69, 9.17) is 0 Å². The molecule has 4 N–H and O–H groups in total. The Morgan fingerprint density at radius 1 is 0.919 bits per heavy atom. The normalized spacial score (nSPS) is 29.0. The van der Waals surface area contributed by atoms with Crippen molar-refractivity contribution in [2.24, 2.45) is 5.92 Å². The molecule has 2 aromatic carbocycles. The summed E-state index contributed by atoms with van der Waals surface area (Å²) in [6.45, 7) is 3.02. The molecule has 37 heavy (non-hydrogen) atoms. The first kappa shape index (κ1) is 26.2. The maximum Gasteiger partial charge on any atom is 0.315 e. The molecule has 1 saturated carbocycles. The van der Waals surface area contributed by atoms with Crippen molar-refractivity contribution in [1.82, 2.24) is 15.5 Å². The van der Waals surface area contributed by atoms with Crippen LogP contribution >= 0.6 is 0 Å². The molecule has 2 aromatic rings. The number of carbonyl (C=O) groups excluding carboxylic acids is 1. The lowest BCUT2D eigenvalue weighted by Crippen LogP contribution is -2.54. The highest BCUT2D eigenvalue weighted by Crippen LogP contribution is 2.37. The molecular weight excluding hydrogens is 462 g/mol. The first-order chi connectivity index (χ1) is 17.9. The summed E-state index contributed by atoms with van der Waals surface area (Å²) >= 11 is 0. The van der Waals surface area contributed by atoms with Crippen LogP contribution in [0, 0.1) is 5.92 Å². The zero-order valence-electron chi connectivity index (χ0n) is 22.1. The number of aliphatic hydroxyl groups excluding tert-OH is 1. The molecule has 2 amide bonds. The fraction of sp³-hybridized carbons (Fsp3) is 0.581. The van der Waals surface area contributed by atoms with Crippen LogP contribution in [0.2, 0.25) is 0 Å². The van der Waals surface area contributed by atoms with Crippen molar-refractivity contribution in [3.8, 4) is 0 Å². The fourth-order valence-corrected chi connectivity index (χ4v) is 7.12. The Hall–Kier alpha value is -2.41. The molecule has 3 fully saturated rings. The molecule has 3 aliphatic rings. The highest BCUT2D eigenvalue weighted by atomic mass is 16.3. The van der Waals surface area contributed by atoms with E-state index in [1.165, 1.54) is 19.3 Å². The fourth-order valence-electron chi connectivity index (χ4n) is 7.12. The van der Waals surface area contributed by atoms with Gasteiger partial charge in [0.05, 0.1) is 12.1 Å². The summed E-state index contributed by atoms with van der Waals surface area (Å²) in [5, 5.41) is 28.2. The number of rotatable bonds is 8. The Kier molecular flexibility index (Phi) is 8.18. The zero-order valence-corrected chi connectivity index (χ0v) is 22.1. The van der Waals surface area contributed by atoms with Gasteiger partial charge in [0.2, 0.25) is 0 Å². The molecule has 0 aromatic heterocycles. The number of nitrogens with zero attached hydrogens (tertiary/aromatic N) is 1. The van der Waals surface area contributed by atoms with Crippen molar-refractivity contribution < 1.29 is 15.0 Å². The summed E-state index contributed by atoms with van der Waals surface area (Å²) in [6, 6.07) is 19.7. The maximum absolute atomic E-state index is 13.0. The smallest absolute Gasteiger partial charge is 0.315 e. The first-order valence-corrected chi connectivity index (χ1v) is 14.3. The topological polar surface area (TPSA) is 84.8 Å². The molecule has 0 radical (unpaired) electrons. The molecule has 200 valence electrons. The van der Waals surface area contributed by atoms with Gasteiger partial charge in [0.1, 0.15) is 5.60 Å². The molecule has 1 aliphatic carbocycles. The van der Waals surface area contributed by atoms with Crippen molar-refractivity contribution in [3.63, 3.8) is 0 Å². The van der Waals surface area contributed by atoms with Crippen LogP contribution < -0.4 is 10.6 Å².